The normalized spacial score (nSPS) is 11.7. The standard InChI is InChI=1S/C15H16Cl2N2O4S/c1-3-19(4-2)24(21,22)10-5-6-11(16)12(9-10)18-15(20)13-7-8-14(17)23-13/h5-9H,3-4H2,1-2H3,(H,18,20). The van der Waals surface area contributed by atoms with Crippen molar-refractivity contribution >= 4 is 44.8 Å². The zero-order valence-corrected chi connectivity index (χ0v) is 15.4. The van der Waals surface area contributed by atoms with Gasteiger partial charge in [-0.2, -0.15) is 4.31 Å². The first-order chi connectivity index (χ1) is 11.3. The Morgan fingerprint density at radius 2 is 1.83 bits per heavy atom. The van der Waals surface area contributed by atoms with Gasteiger partial charge in [0, 0.05) is 13.1 Å². The van der Waals surface area contributed by atoms with Gasteiger partial charge in [-0.3, -0.25) is 4.79 Å². The van der Waals surface area contributed by atoms with Crippen LogP contribution < -0.4 is 5.32 Å². The lowest BCUT2D eigenvalue weighted by molar-refractivity contribution is 0.0996. The van der Waals surface area contributed by atoms with Gasteiger partial charge in [0.25, 0.3) is 5.91 Å². The second-order valence-corrected chi connectivity index (χ2v) is 7.51. The van der Waals surface area contributed by atoms with Crippen LogP contribution in [0, 0.1) is 0 Å². The molecule has 0 aliphatic heterocycles. The van der Waals surface area contributed by atoms with Crippen molar-refractivity contribution in [2.24, 2.45) is 0 Å². The Morgan fingerprint density at radius 1 is 1.17 bits per heavy atom. The van der Waals surface area contributed by atoms with Gasteiger partial charge in [0.05, 0.1) is 15.6 Å². The van der Waals surface area contributed by atoms with Crippen molar-refractivity contribution in [1.29, 1.82) is 0 Å². The predicted octanol–water partition coefficient (Wildman–Crippen LogP) is 3.87. The molecule has 0 radical (unpaired) electrons. The molecule has 0 atom stereocenters. The molecule has 6 nitrogen and oxygen atoms in total. The number of nitrogens with zero attached hydrogens (tertiary/aromatic N) is 1. The minimum atomic E-state index is -3.66. The lowest BCUT2D eigenvalue weighted by Crippen LogP contribution is -2.30. The van der Waals surface area contributed by atoms with Crippen LogP contribution in [0.4, 0.5) is 5.69 Å². The second kappa shape index (κ2) is 7.57. The summed E-state index contributed by atoms with van der Waals surface area (Å²) in [6.07, 6.45) is 0. The molecule has 1 N–H and O–H groups in total. The highest BCUT2D eigenvalue weighted by Crippen LogP contribution is 2.27. The number of anilines is 1. The molecule has 2 rings (SSSR count). The Morgan fingerprint density at radius 3 is 2.38 bits per heavy atom. The zero-order valence-electron chi connectivity index (χ0n) is 13.0. The molecule has 0 bridgehead atoms. The van der Waals surface area contributed by atoms with E-state index in [1.807, 2.05) is 0 Å². The van der Waals surface area contributed by atoms with E-state index >= 15 is 0 Å². The quantitative estimate of drug-likeness (QED) is 0.811. The van der Waals surface area contributed by atoms with Crippen molar-refractivity contribution in [3.05, 3.63) is 46.3 Å². The molecular weight excluding hydrogens is 375 g/mol. The van der Waals surface area contributed by atoms with Crippen molar-refractivity contribution < 1.29 is 17.6 Å². The van der Waals surface area contributed by atoms with Crippen molar-refractivity contribution in [2.75, 3.05) is 18.4 Å². The lowest BCUT2D eigenvalue weighted by Gasteiger charge is -2.19. The van der Waals surface area contributed by atoms with Gasteiger partial charge in [0.1, 0.15) is 0 Å². The first kappa shape index (κ1) is 18.8. The first-order valence-corrected chi connectivity index (χ1v) is 9.35. The molecule has 130 valence electrons. The average molecular weight is 391 g/mol. The predicted molar refractivity (Wildman–Crippen MR) is 93.2 cm³/mol. The third-order valence-corrected chi connectivity index (χ3v) is 5.90. The van der Waals surface area contributed by atoms with Crippen LogP contribution in [0.5, 0.6) is 0 Å². The van der Waals surface area contributed by atoms with Gasteiger partial charge in [-0.1, -0.05) is 25.4 Å². The van der Waals surface area contributed by atoms with Crippen molar-refractivity contribution in [3.8, 4) is 0 Å². The van der Waals surface area contributed by atoms with E-state index in [1.54, 1.807) is 13.8 Å². The number of carbonyl (C=O) groups excluding carboxylic acids is 1. The Bertz CT molecular complexity index is 845. The van der Waals surface area contributed by atoms with E-state index in [1.165, 1.54) is 34.6 Å². The average Bonchev–Trinajstić information content (AvgIpc) is 2.97. The van der Waals surface area contributed by atoms with Crippen molar-refractivity contribution in [2.45, 2.75) is 18.7 Å². The smallest absolute Gasteiger partial charge is 0.291 e. The molecule has 0 aliphatic rings. The summed E-state index contributed by atoms with van der Waals surface area (Å²) in [5, 5.41) is 2.80. The molecular formula is C15H16Cl2N2O4S. The summed E-state index contributed by atoms with van der Waals surface area (Å²) >= 11 is 11.7. The SMILES string of the molecule is CCN(CC)S(=O)(=O)c1ccc(Cl)c(NC(=O)c2ccc(Cl)o2)c1. The summed E-state index contributed by atoms with van der Waals surface area (Å²) < 4.78 is 31.4. The third-order valence-electron chi connectivity index (χ3n) is 3.33. The fourth-order valence-corrected chi connectivity index (χ4v) is 3.89. The van der Waals surface area contributed by atoms with Crippen LogP contribution in [0.15, 0.2) is 39.6 Å². The summed E-state index contributed by atoms with van der Waals surface area (Å²) in [6.45, 7) is 4.18. The number of sulfonamides is 1. The molecule has 1 aromatic heterocycles. The third kappa shape index (κ3) is 3.92. The fraction of sp³-hybridized carbons (Fsp3) is 0.267. The summed E-state index contributed by atoms with van der Waals surface area (Å²) in [6, 6.07) is 6.97. The molecule has 24 heavy (non-hydrogen) atoms. The lowest BCUT2D eigenvalue weighted by atomic mass is 10.3. The van der Waals surface area contributed by atoms with Crippen LogP contribution in [0.1, 0.15) is 24.4 Å². The van der Waals surface area contributed by atoms with Crippen molar-refractivity contribution in [3.63, 3.8) is 0 Å². The minimum absolute atomic E-state index is 0.00642. The maximum atomic E-state index is 12.6. The molecule has 0 unspecified atom stereocenters. The number of rotatable bonds is 6. The van der Waals surface area contributed by atoms with Gasteiger partial charge in [0.2, 0.25) is 10.0 Å². The van der Waals surface area contributed by atoms with E-state index in [4.69, 9.17) is 27.6 Å². The van der Waals surface area contributed by atoms with Crippen LogP contribution >= 0.6 is 23.2 Å². The van der Waals surface area contributed by atoms with E-state index in [0.717, 1.165) is 0 Å². The molecule has 0 saturated heterocycles. The summed E-state index contributed by atoms with van der Waals surface area (Å²) in [5.41, 5.74) is 0.169. The number of halogens is 2. The van der Waals surface area contributed by atoms with Gasteiger partial charge in [-0.15, -0.1) is 0 Å². The highest BCUT2D eigenvalue weighted by atomic mass is 35.5. The van der Waals surface area contributed by atoms with E-state index in [2.05, 4.69) is 5.32 Å². The number of nitrogens with one attached hydrogen (secondary N) is 1. The number of hydrogen-bond donors (Lipinski definition) is 1. The van der Waals surface area contributed by atoms with Crippen LogP contribution in [0.25, 0.3) is 0 Å². The zero-order chi connectivity index (χ0) is 17.9. The first-order valence-electron chi connectivity index (χ1n) is 7.16. The Kier molecular flexibility index (Phi) is 5.92. The van der Waals surface area contributed by atoms with Gasteiger partial charge in [-0.25, -0.2) is 8.42 Å². The van der Waals surface area contributed by atoms with Crippen LogP contribution in [0.3, 0.4) is 0 Å². The second-order valence-electron chi connectivity index (χ2n) is 4.79. The van der Waals surface area contributed by atoms with E-state index in [0.29, 0.717) is 13.1 Å². The summed E-state index contributed by atoms with van der Waals surface area (Å²) in [5.74, 6) is -0.589. The highest BCUT2D eigenvalue weighted by Gasteiger charge is 2.23. The molecule has 1 amide bonds. The molecule has 1 aromatic carbocycles. The number of furan rings is 1. The van der Waals surface area contributed by atoms with Crippen LogP contribution in [-0.4, -0.2) is 31.7 Å². The Balaban J connectivity index is 2.34. The number of hydrogen-bond acceptors (Lipinski definition) is 4. The van der Waals surface area contributed by atoms with Gasteiger partial charge >= 0.3 is 0 Å². The Hall–Kier alpha value is -1.54. The maximum absolute atomic E-state index is 12.6. The van der Waals surface area contributed by atoms with Gasteiger partial charge in [-0.05, 0) is 41.9 Å². The van der Waals surface area contributed by atoms with Gasteiger partial charge < -0.3 is 9.73 Å². The molecule has 0 aliphatic carbocycles. The summed E-state index contributed by atoms with van der Waals surface area (Å²) in [7, 11) is -3.66. The molecule has 0 spiro atoms. The topological polar surface area (TPSA) is 79.6 Å². The number of carbonyl (C=O) groups is 1. The summed E-state index contributed by atoms with van der Waals surface area (Å²) in [4.78, 5) is 12.1. The Labute approximate surface area is 150 Å². The highest BCUT2D eigenvalue weighted by molar-refractivity contribution is 7.89. The number of benzene rings is 1. The minimum Gasteiger partial charge on any atom is -0.440 e. The monoisotopic (exact) mass is 390 g/mol. The van der Waals surface area contributed by atoms with Crippen LogP contribution in [-0.2, 0) is 10.0 Å². The van der Waals surface area contributed by atoms with Gasteiger partial charge in [0.15, 0.2) is 11.0 Å². The molecule has 9 heteroatoms. The molecule has 0 saturated carbocycles. The largest absolute Gasteiger partial charge is 0.440 e. The molecule has 0 fully saturated rings. The maximum Gasteiger partial charge on any atom is 0.291 e. The van der Waals surface area contributed by atoms with E-state index in [9.17, 15) is 13.2 Å². The number of amides is 1. The fourth-order valence-electron chi connectivity index (χ4n) is 2.09. The van der Waals surface area contributed by atoms with Crippen LogP contribution in [0.2, 0.25) is 10.2 Å². The molecule has 1 heterocycles. The van der Waals surface area contributed by atoms with Crippen molar-refractivity contribution in [1.82, 2.24) is 4.31 Å². The van der Waals surface area contributed by atoms with E-state index in [-0.39, 0.29) is 26.6 Å². The van der Waals surface area contributed by atoms with E-state index < -0.39 is 15.9 Å². The molecule has 2 aromatic rings.